The summed E-state index contributed by atoms with van der Waals surface area (Å²) in [5.74, 6) is 1.89. The molecule has 8 nitrogen and oxygen atoms in total. The summed E-state index contributed by atoms with van der Waals surface area (Å²) in [6.07, 6.45) is 2.98. The molecule has 28 heavy (non-hydrogen) atoms. The molecule has 0 atom stereocenters. The Labute approximate surface area is 160 Å². The molecule has 2 aromatic carbocycles. The molecule has 2 aromatic heterocycles. The van der Waals surface area contributed by atoms with E-state index in [9.17, 15) is 4.79 Å². The zero-order valence-electron chi connectivity index (χ0n) is 15.6. The number of nitrogens with one attached hydrogen (secondary N) is 1. The number of rotatable bonds is 5. The quantitative estimate of drug-likeness (QED) is 0.539. The Kier molecular flexibility index (Phi) is 4.44. The second-order valence-corrected chi connectivity index (χ2v) is 6.01. The van der Waals surface area contributed by atoms with Crippen LogP contribution in [-0.2, 0) is 0 Å². The molecule has 0 aliphatic carbocycles. The lowest BCUT2D eigenvalue weighted by atomic mass is 10.2. The van der Waals surface area contributed by atoms with Gasteiger partial charge in [0.25, 0.3) is 5.56 Å². The second kappa shape index (κ2) is 7.07. The number of fused-ring (bicyclic) bond motifs is 3. The first-order chi connectivity index (χ1) is 13.6. The lowest BCUT2D eigenvalue weighted by Gasteiger charge is -2.06. The van der Waals surface area contributed by atoms with Crippen molar-refractivity contribution >= 4 is 28.2 Å². The Bertz CT molecular complexity index is 1240. The molecule has 8 heteroatoms. The number of ether oxygens (including phenoxy) is 3. The molecule has 0 radical (unpaired) electrons. The molecule has 0 aliphatic heterocycles. The zero-order valence-corrected chi connectivity index (χ0v) is 15.6. The number of hydrogen-bond donors (Lipinski definition) is 1. The van der Waals surface area contributed by atoms with E-state index in [0.29, 0.717) is 22.5 Å². The Morgan fingerprint density at radius 1 is 1.04 bits per heavy atom. The van der Waals surface area contributed by atoms with Gasteiger partial charge in [0, 0.05) is 11.5 Å². The summed E-state index contributed by atoms with van der Waals surface area (Å²) in [6, 6.07) is 10.9. The van der Waals surface area contributed by atoms with Crippen molar-refractivity contribution in [2.75, 3.05) is 21.3 Å². The highest BCUT2D eigenvalue weighted by molar-refractivity contribution is 6.05. The van der Waals surface area contributed by atoms with Gasteiger partial charge in [-0.15, -0.1) is 0 Å². The van der Waals surface area contributed by atoms with Crippen LogP contribution >= 0.6 is 0 Å². The largest absolute Gasteiger partial charge is 0.497 e. The number of hydrogen-bond acceptors (Lipinski definition) is 6. The normalized spacial score (nSPS) is 11.4. The Hall–Kier alpha value is -3.81. The Morgan fingerprint density at radius 3 is 2.43 bits per heavy atom. The predicted molar refractivity (Wildman–Crippen MR) is 107 cm³/mol. The summed E-state index contributed by atoms with van der Waals surface area (Å²) in [7, 11) is 4.73. The molecule has 0 spiro atoms. The number of methoxy groups -OCH3 is 3. The van der Waals surface area contributed by atoms with Crippen LogP contribution in [0.25, 0.3) is 21.9 Å². The average molecular weight is 378 g/mol. The van der Waals surface area contributed by atoms with Gasteiger partial charge in [0.2, 0.25) is 0 Å². The van der Waals surface area contributed by atoms with Gasteiger partial charge < -0.3 is 19.2 Å². The molecule has 0 amide bonds. The topological polar surface area (TPSA) is 90.7 Å². The first kappa shape index (κ1) is 17.6. The summed E-state index contributed by atoms with van der Waals surface area (Å²) in [6.45, 7) is 0. The van der Waals surface area contributed by atoms with E-state index in [1.165, 1.54) is 11.0 Å². The van der Waals surface area contributed by atoms with Crippen molar-refractivity contribution in [3.8, 4) is 17.2 Å². The van der Waals surface area contributed by atoms with Crippen LogP contribution in [0.2, 0.25) is 0 Å². The minimum atomic E-state index is -0.302. The summed E-state index contributed by atoms with van der Waals surface area (Å²) in [5.41, 5.74) is 2.17. The highest BCUT2D eigenvalue weighted by Gasteiger charge is 2.14. The van der Waals surface area contributed by atoms with Crippen LogP contribution in [0.4, 0.5) is 0 Å². The highest BCUT2D eigenvalue weighted by Crippen LogP contribution is 2.34. The average Bonchev–Trinajstić information content (AvgIpc) is 3.11. The molecule has 0 saturated carbocycles. The number of aromatic amines is 1. The van der Waals surface area contributed by atoms with Crippen molar-refractivity contribution in [1.82, 2.24) is 14.6 Å². The summed E-state index contributed by atoms with van der Waals surface area (Å²) in [5, 5.41) is 5.00. The fourth-order valence-corrected chi connectivity index (χ4v) is 2.98. The smallest absolute Gasteiger partial charge is 0.298 e. The first-order valence-corrected chi connectivity index (χ1v) is 8.48. The van der Waals surface area contributed by atoms with Crippen molar-refractivity contribution in [3.63, 3.8) is 0 Å². The summed E-state index contributed by atoms with van der Waals surface area (Å²) >= 11 is 0. The van der Waals surface area contributed by atoms with Gasteiger partial charge in [-0.25, -0.2) is 4.98 Å². The number of benzene rings is 2. The van der Waals surface area contributed by atoms with Crippen molar-refractivity contribution in [2.45, 2.75) is 0 Å². The first-order valence-electron chi connectivity index (χ1n) is 8.48. The van der Waals surface area contributed by atoms with Crippen LogP contribution in [0.1, 0.15) is 5.56 Å². The van der Waals surface area contributed by atoms with Gasteiger partial charge >= 0.3 is 0 Å². The fourth-order valence-electron chi connectivity index (χ4n) is 2.98. The molecule has 2 heterocycles. The Balaban J connectivity index is 1.78. The molecule has 0 aliphatic rings. The van der Waals surface area contributed by atoms with E-state index < -0.39 is 0 Å². The van der Waals surface area contributed by atoms with E-state index in [1.807, 2.05) is 24.3 Å². The van der Waals surface area contributed by atoms with Crippen molar-refractivity contribution < 1.29 is 14.2 Å². The molecule has 142 valence electrons. The molecule has 0 saturated heterocycles. The Morgan fingerprint density at radius 2 is 1.75 bits per heavy atom. The van der Waals surface area contributed by atoms with Gasteiger partial charge in [-0.05, 0) is 35.9 Å². The van der Waals surface area contributed by atoms with E-state index in [1.54, 1.807) is 39.7 Å². The molecule has 0 unspecified atom stereocenters. The predicted octanol–water partition coefficient (Wildman–Crippen LogP) is 2.79. The number of H-pyrrole nitrogens is 1. The molecule has 0 bridgehead atoms. The van der Waals surface area contributed by atoms with Gasteiger partial charge in [-0.2, -0.15) is 9.78 Å². The summed E-state index contributed by atoms with van der Waals surface area (Å²) in [4.78, 5) is 20.3. The number of nitrogens with zero attached hydrogens (tertiary/aromatic N) is 3. The van der Waals surface area contributed by atoms with Crippen LogP contribution in [-0.4, -0.2) is 42.2 Å². The van der Waals surface area contributed by atoms with Gasteiger partial charge in [-0.3, -0.25) is 4.79 Å². The van der Waals surface area contributed by atoms with Crippen molar-refractivity contribution in [3.05, 3.63) is 58.6 Å². The molecule has 0 fully saturated rings. The van der Waals surface area contributed by atoms with Gasteiger partial charge in [0.1, 0.15) is 23.1 Å². The highest BCUT2D eigenvalue weighted by atomic mass is 16.5. The van der Waals surface area contributed by atoms with Crippen LogP contribution in [0.15, 0.2) is 52.6 Å². The third kappa shape index (κ3) is 2.94. The van der Waals surface area contributed by atoms with Crippen LogP contribution < -0.4 is 19.8 Å². The maximum Gasteiger partial charge on any atom is 0.298 e. The molecular formula is C20H18N4O4. The van der Waals surface area contributed by atoms with Gasteiger partial charge in [0.05, 0.1) is 33.1 Å². The van der Waals surface area contributed by atoms with Crippen molar-refractivity contribution in [2.24, 2.45) is 5.10 Å². The molecule has 4 rings (SSSR count). The third-order valence-electron chi connectivity index (χ3n) is 4.44. The van der Waals surface area contributed by atoms with E-state index in [4.69, 9.17) is 14.2 Å². The lowest BCUT2D eigenvalue weighted by Crippen LogP contribution is -2.17. The SMILES string of the molecule is COc1ccc(/C=N\n2cnc3c([nH]c4cc(OC)c(OC)cc43)c2=O)cc1. The van der Waals surface area contributed by atoms with E-state index in [0.717, 1.165) is 22.2 Å². The van der Waals surface area contributed by atoms with Crippen LogP contribution in [0.5, 0.6) is 17.2 Å². The monoisotopic (exact) mass is 378 g/mol. The second-order valence-electron chi connectivity index (χ2n) is 6.01. The van der Waals surface area contributed by atoms with Crippen LogP contribution in [0, 0.1) is 0 Å². The van der Waals surface area contributed by atoms with E-state index in [-0.39, 0.29) is 5.56 Å². The molecule has 1 N–H and O–H groups in total. The standard InChI is InChI=1S/C20H18N4O4/c1-26-13-6-4-12(5-7-13)10-22-24-11-21-18-14-8-16(27-2)17(28-3)9-15(14)23-19(18)20(24)25/h4-11,23H,1-3H3/b22-10-. The maximum atomic E-state index is 12.8. The third-order valence-corrected chi connectivity index (χ3v) is 4.44. The fraction of sp³-hybridized carbons (Fsp3) is 0.150. The maximum absolute atomic E-state index is 12.8. The van der Waals surface area contributed by atoms with Gasteiger partial charge in [0.15, 0.2) is 11.5 Å². The minimum Gasteiger partial charge on any atom is -0.497 e. The zero-order chi connectivity index (χ0) is 19.7. The van der Waals surface area contributed by atoms with E-state index >= 15 is 0 Å². The van der Waals surface area contributed by atoms with Crippen molar-refractivity contribution in [1.29, 1.82) is 0 Å². The van der Waals surface area contributed by atoms with E-state index in [2.05, 4.69) is 15.1 Å². The van der Waals surface area contributed by atoms with Crippen LogP contribution in [0.3, 0.4) is 0 Å². The molecule has 4 aromatic rings. The summed E-state index contributed by atoms with van der Waals surface area (Å²) < 4.78 is 17.0. The number of aromatic nitrogens is 3. The lowest BCUT2D eigenvalue weighted by molar-refractivity contribution is 0.356. The van der Waals surface area contributed by atoms with Gasteiger partial charge in [-0.1, -0.05) is 0 Å². The molecular weight excluding hydrogens is 360 g/mol. The minimum absolute atomic E-state index is 0.302.